The third-order valence-electron chi connectivity index (χ3n) is 4.76. The third kappa shape index (κ3) is 5.04. The first kappa shape index (κ1) is 21.7. The van der Waals surface area contributed by atoms with E-state index in [9.17, 15) is 17.6 Å². The lowest BCUT2D eigenvalue weighted by Gasteiger charge is -2.18. The van der Waals surface area contributed by atoms with Gasteiger partial charge in [0.1, 0.15) is 5.82 Å². The number of carbonyl (C=O) groups excluding carboxylic acids is 1. The van der Waals surface area contributed by atoms with Crippen molar-refractivity contribution in [2.75, 3.05) is 4.72 Å². The molecular formula is C24H19FN2O3S2. The molecule has 0 unspecified atom stereocenters. The second kappa shape index (κ2) is 9.33. The Kier molecular flexibility index (Phi) is 6.34. The molecular weight excluding hydrogens is 447 g/mol. The number of hydrogen-bond donors (Lipinski definition) is 2. The summed E-state index contributed by atoms with van der Waals surface area (Å²) < 4.78 is 40.4. The van der Waals surface area contributed by atoms with Crippen LogP contribution in [0, 0.1) is 5.82 Å². The molecule has 0 bridgehead atoms. The minimum absolute atomic E-state index is 0.0534. The van der Waals surface area contributed by atoms with Crippen LogP contribution in [-0.4, -0.2) is 14.3 Å². The lowest BCUT2D eigenvalue weighted by Crippen LogP contribution is -2.28. The topological polar surface area (TPSA) is 75.3 Å². The first-order valence-corrected chi connectivity index (χ1v) is 12.1. The zero-order valence-corrected chi connectivity index (χ0v) is 18.4. The normalized spacial score (nSPS) is 12.2. The summed E-state index contributed by atoms with van der Waals surface area (Å²) in [4.78, 5) is 13.8. The molecule has 32 heavy (non-hydrogen) atoms. The largest absolute Gasteiger partial charge is 0.340 e. The SMILES string of the molecule is O=C(N[C@@H](c1ccccc1)c1cccs1)c1ccc(NS(=O)(=O)c2ccc(F)cc2)cc1. The van der Waals surface area contributed by atoms with Gasteiger partial charge < -0.3 is 5.32 Å². The lowest BCUT2D eigenvalue weighted by atomic mass is 10.0. The van der Waals surface area contributed by atoms with Crippen molar-refractivity contribution in [2.45, 2.75) is 10.9 Å². The van der Waals surface area contributed by atoms with Crippen molar-refractivity contribution >= 4 is 33.0 Å². The van der Waals surface area contributed by atoms with Gasteiger partial charge in [0, 0.05) is 16.1 Å². The van der Waals surface area contributed by atoms with Gasteiger partial charge in [0.25, 0.3) is 15.9 Å². The van der Waals surface area contributed by atoms with Gasteiger partial charge in [-0.1, -0.05) is 36.4 Å². The number of anilines is 1. The Morgan fingerprint density at radius 3 is 2.16 bits per heavy atom. The van der Waals surface area contributed by atoms with E-state index in [0.29, 0.717) is 11.3 Å². The van der Waals surface area contributed by atoms with Crippen LogP contribution >= 0.6 is 11.3 Å². The lowest BCUT2D eigenvalue weighted by molar-refractivity contribution is 0.0943. The predicted molar refractivity (Wildman–Crippen MR) is 124 cm³/mol. The van der Waals surface area contributed by atoms with Gasteiger partial charge in [0.15, 0.2) is 0 Å². The molecule has 2 N–H and O–H groups in total. The van der Waals surface area contributed by atoms with E-state index in [-0.39, 0.29) is 16.8 Å². The molecule has 162 valence electrons. The van der Waals surface area contributed by atoms with Crippen molar-refractivity contribution in [2.24, 2.45) is 0 Å². The monoisotopic (exact) mass is 466 g/mol. The summed E-state index contributed by atoms with van der Waals surface area (Å²) in [6.07, 6.45) is 0. The molecule has 0 aliphatic carbocycles. The highest BCUT2D eigenvalue weighted by molar-refractivity contribution is 7.92. The van der Waals surface area contributed by atoms with Gasteiger partial charge in [-0.2, -0.15) is 0 Å². The van der Waals surface area contributed by atoms with Crippen molar-refractivity contribution < 1.29 is 17.6 Å². The summed E-state index contributed by atoms with van der Waals surface area (Å²) in [6, 6.07) is 24.0. The Hall–Kier alpha value is -3.49. The smallest absolute Gasteiger partial charge is 0.261 e. The Morgan fingerprint density at radius 2 is 1.53 bits per heavy atom. The van der Waals surface area contributed by atoms with E-state index >= 15 is 0 Å². The van der Waals surface area contributed by atoms with Crippen LogP contribution in [0.25, 0.3) is 0 Å². The number of benzene rings is 3. The molecule has 0 spiro atoms. The van der Waals surface area contributed by atoms with Crippen LogP contribution in [0.3, 0.4) is 0 Å². The molecule has 8 heteroatoms. The summed E-state index contributed by atoms with van der Waals surface area (Å²) in [5, 5.41) is 5.01. The first-order valence-electron chi connectivity index (χ1n) is 9.70. The predicted octanol–water partition coefficient (Wildman–Crippen LogP) is 5.21. The zero-order chi connectivity index (χ0) is 22.6. The molecule has 0 fully saturated rings. The highest BCUT2D eigenvalue weighted by Crippen LogP contribution is 2.26. The molecule has 0 radical (unpaired) electrons. The first-order chi connectivity index (χ1) is 15.4. The fourth-order valence-electron chi connectivity index (χ4n) is 3.15. The third-order valence-corrected chi connectivity index (χ3v) is 7.09. The molecule has 1 amide bonds. The molecule has 1 aromatic heterocycles. The highest BCUT2D eigenvalue weighted by Gasteiger charge is 2.19. The number of rotatable bonds is 7. The van der Waals surface area contributed by atoms with Gasteiger partial charge >= 0.3 is 0 Å². The molecule has 1 heterocycles. The summed E-state index contributed by atoms with van der Waals surface area (Å²) in [7, 11) is -3.86. The summed E-state index contributed by atoms with van der Waals surface area (Å²) in [5.41, 5.74) is 1.66. The number of amides is 1. The van der Waals surface area contributed by atoms with E-state index in [1.165, 1.54) is 24.3 Å². The van der Waals surface area contributed by atoms with Crippen molar-refractivity contribution in [1.29, 1.82) is 0 Å². The van der Waals surface area contributed by atoms with Gasteiger partial charge in [0.05, 0.1) is 10.9 Å². The maximum Gasteiger partial charge on any atom is 0.261 e. The van der Waals surface area contributed by atoms with Crippen molar-refractivity contribution in [3.05, 3.63) is 118 Å². The summed E-state index contributed by atoms with van der Waals surface area (Å²) in [5.74, 6) is -0.795. The van der Waals surface area contributed by atoms with Crippen molar-refractivity contribution in [1.82, 2.24) is 5.32 Å². The maximum atomic E-state index is 13.1. The Labute approximate surface area is 189 Å². The number of nitrogens with one attached hydrogen (secondary N) is 2. The van der Waals surface area contributed by atoms with Gasteiger partial charge in [-0.3, -0.25) is 9.52 Å². The quantitative estimate of drug-likeness (QED) is 0.393. The van der Waals surface area contributed by atoms with Gasteiger partial charge in [-0.15, -0.1) is 11.3 Å². The van der Waals surface area contributed by atoms with Crippen LogP contribution in [0.15, 0.2) is 101 Å². The van der Waals surface area contributed by atoms with Gasteiger partial charge in [-0.05, 0) is 65.5 Å². The van der Waals surface area contributed by atoms with Crippen LogP contribution in [0.1, 0.15) is 26.8 Å². The fraction of sp³-hybridized carbons (Fsp3) is 0.0417. The maximum absolute atomic E-state index is 13.1. The molecule has 0 aliphatic rings. The van der Waals surface area contributed by atoms with Crippen LogP contribution in [0.2, 0.25) is 0 Å². The van der Waals surface area contributed by atoms with E-state index < -0.39 is 15.8 Å². The van der Waals surface area contributed by atoms with E-state index in [2.05, 4.69) is 10.0 Å². The molecule has 0 saturated heterocycles. The second-order valence-corrected chi connectivity index (χ2v) is 9.63. The van der Waals surface area contributed by atoms with Crippen LogP contribution < -0.4 is 10.0 Å². The second-order valence-electron chi connectivity index (χ2n) is 6.97. The number of halogens is 1. The summed E-state index contributed by atoms with van der Waals surface area (Å²) >= 11 is 1.56. The molecule has 4 aromatic rings. The van der Waals surface area contributed by atoms with Gasteiger partial charge in [-0.25, -0.2) is 12.8 Å². The average Bonchev–Trinajstić information content (AvgIpc) is 3.33. The number of sulfonamides is 1. The van der Waals surface area contributed by atoms with Crippen LogP contribution in [-0.2, 0) is 10.0 Å². The molecule has 0 aliphatic heterocycles. The van der Waals surface area contributed by atoms with Crippen LogP contribution in [0.5, 0.6) is 0 Å². The van der Waals surface area contributed by atoms with E-state index in [1.54, 1.807) is 23.5 Å². The standard InChI is InChI=1S/C24H19FN2O3S2/c25-19-10-14-21(15-11-19)32(29,30)27-20-12-8-18(9-13-20)24(28)26-23(22-7-4-16-31-22)17-5-2-1-3-6-17/h1-16,23,27H,(H,26,28)/t23-/m0/s1. The minimum Gasteiger partial charge on any atom is -0.340 e. The molecule has 4 rings (SSSR count). The zero-order valence-electron chi connectivity index (χ0n) is 16.7. The van der Waals surface area contributed by atoms with Crippen molar-refractivity contribution in [3.63, 3.8) is 0 Å². The molecule has 1 atom stereocenters. The molecule has 5 nitrogen and oxygen atoms in total. The Bertz CT molecular complexity index is 1290. The average molecular weight is 467 g/mol. The van der Waals surface area contributed by atoms with E-state index in [0.717, 1.165) is 22.6 Å². The Morgan fingerprint density at radius 1 is 0.844 bits per heavy atom. The number of thiophene rings is 1. The van der Waals surface area contributed by atoms with Crippen molar-refractivity contribution in [3.8, 4) is 0 Å². The Balaban J connectivity index is 1.49. The minimum atomic E-state index is -3.86. The number of carbonyl (C=O) groups is 1. The van der Waals surface area contributed by atoms with E-state index in [1.807, 2.05) is 47.8 Å². The van der Waals surface area contributed by atoms with Crippen LogP contribution in [0.4, 0.5) is 10.1 Å². The highest BCUT2D eigenvalue weighted by atomic mass is 32.2. The number of hydrogen-bond acceptors (Lipinski definition) is 4. The van der Waals surface area contributed by atoms with E-state index in [4.69, 9.17) is 0 Å². The molecule has 3 aromatic carbocycles. The molecule has 0 saturated carbocycles. The summed E-state index contributed by atoms with van der Waals surface area (Å²) in [6.45, 7) is 0. The fourth-order valence-corrected chi connectivity index (χ4v) is 5.01. The van der Waals surface area contributed by atoms with Gasteiger partial charge in [0.2, 0.25) is 0 Å².